The van der Waals surface area contributed by atoms with Gasteiger partial charge in [-0.15, -0.1) is 0 Å². The minimum absolute atomic E-state index is 0.267. The first-order valence-electron chi connectivity index (χ1n) is 9.79. The molecule has 0 bridgehead atoms. The predicted molar refractivity (Wildman–Crippen MR) is 109 cm³/mol. The van der Waals surface area contributed by atoms with Crippen molar-refractivity contribution in [3.8, 4) is 0 Å². The van der Waals surface area contributed by atoms with E-state index in [0.717, 1.165) is 44.5 Å². The molecule has 2 aromatic rings. The van der Waals surface area contributed by atoms with Crippen LogP contribution in [0.2, 0.25) is 5.02 Å². The van der Waals surface area contributed by atoms with Crippen LogP contribution < -0.4 is 5.32 Å². The summed E-state index contributed by atoms with van der Waals surface area (Å²) in [5.41, 5.74) is 1.07. The monoisotopic (exact) mass is 410 g/mol. The Morgan fingerprint density at radius 3 is 2.43 bits per heavy atom. The number of nitrogens with zero attached hydrogens (tertiary/aromatic N) is 1. The fraction of sp³-hybridized carbons (Fsp3) is 0.455. The van der Waals surface area contributed by atoms with Crippen molar-refractivity contribution in [3.63, 3.8) is 0 Å². The summed E-state index contributed by atoms with van der Waals surface area (Å²) in [5, 5.41) is 2.81. The number of anilines is 1. The summed E-state index contributed by atoms with van der Waals surface area (Å²) in [7, 11) is 0. The summed E-state index contributed by atoms with van der Waals surface area (Å²) in [6, 6.07) is 14.6. The van der Waals surface area contributed by atoms with Gasteiger partial charge in [0.05, 0.1) is 10.6 Å². The predicted octanol–water partition coefficient (Wildman–Crippen LogP) is 6.12. The maximum Gasteiger partial charge on any atom is 0.417 e. The van der Waals surface area contributed by atoms with Crippen molar-refractivity contribution in [2.24, 2.45) is 5.92 Å². The van der Waals surface area contributed by atoms with Gasteiger partial charge in [-0.25, -0.2) is 0 Å². The minimum atomic E-state index is -4.43. The van der Waals surface area contributed by atoms with Crippen molar-refractivity contribution >= 4 is 17.3 Å². The molecule has 28 heavy (non-hydrogen) atoms. The van der Waals surface area contributed by atoms with E-state index >= 15 is 0 Å². The molecule has 2 nitrogen and oxygen atoms in total. The Bertz CT molecular complexity index is 741. The van der Waals surface area contributed by atoms with Crippen molar-refractivity contribution < 1.29 is 13.2 Å². The maximum atomic E-state index is 12.9. The molecule has 1 aliphatic rings. The molecule has 0 amide bonds. The fourth-order valence-electron chi connectivity index (χ4n) is 3.75. The number of hydrogen-bond donors (Lipinski definition) is 1. The van der Waals surface area contributed by atoms with Crippen LogP contribution in [0.4, 0.5) is 18.9 Å². The van der Waals surface area contributed by atoms with Gasteiger partial charge in [0.15, 0.2) is 0 Å². The van der Waals surface area contributed by atoms with Gasteiger partial charge in [0, 0.05) is 12.2 Å². The molecule has 2 aromatic carbocycles. The molecular weight excluding hydrogens is 385 g/mol. The highest BCUT2D eigenvalue weighted by atomic mass is 35.5. The van der Waals surface area contributed by atoms with Crippen LogP contribution >= 0.6 is 11.6 Å². The van der Waals surface area contributed by atoms with Gasteiger partial charge in [-0.2, -0.15) is 13.2 Å². The van der Waals surface area contributed by atoms with Crippen molar-refractivity contribution in [1.82, 2.24) is 4.90 Å². The number of piperidine rings is 1. The molecule has 0 radical (unpaired) electrons. The van der Waals surface area contributed by atoms with E-state index in [2.05, 4.69) is 34.5 Å². The highest BCUT2D eigenvalue weighted by Gasteiger charge is 2.33. The Hall–Kier alpha value is -1.72. The first-order chi connectivity index (χ1) is 13.4. The molecule has 1 fully saturated rings. The Morgan fingerprint density at radius 2 is 1.75 bits per heavy atom. The van der Waals surface area contributed by atoms with E-state index in [4.69, 9.17) is 11.6 Å². The molecule has 1 heterocycles. The summed E-state index contributed by atoms with van der Waals surface area (Å²) in [4.78, 5) is 2.45. The smallest absolute Gasteiger partial charge is 0.385 e. The number of rotatable bonds is 7. The quantitative estimate of drug-likeness (QED) is 0.553. The lowest BCUT2D eigenvalue weighted by molar-refractivity contribution is -0.137. The van der Waals surface area contributed by atoms with Gasteiger partial charge in [0.1, 0.15) is 0 Å². The first-order valence-corrected chi connectivity index (χ1v) is 10.2. The van der Waals surface area contributed by atoms with Crippen molar-refractivity contribution in [3.05, 3.63) is 64.7 Å². The van der Waals surface area contributed by atoms with E-state index in [0.29, 0.717) is 12.2 Å². The lowest BCUT2D eigenvalue weighted by atomic mass is 9.90. The summed E-state index contributed by atoms with van der Waals surface area (Å²) >= 11 is 5.65. The molecule has 0 aromatic heterocycles. The van der Waals surface area contributed by atoms with Gasteiger partial charge in [-0.1, -0.05) is 41.9 Å². The molecule has 0 spiro atoms. The zero-order valence-electron chi connectivity index (χ0n) is 15.8. The number of hydrogen-bond acceptors (Lipinski definition) is 2. The van der Waals surface area contributed by atoms with E-state index in [1.165, 1.54) is 24.5 Å². The topological polar surface area (TPSA) is 15.3 Å². The molecule has 0 aliphatic carbocycles. The molecular formula is C22H26ClF3N2. The van der Waals surface area contributed by atoms with Gasteiger partial charge >= 0.3 is 6.18 Å². The van der Waals surface area contributed by atoms with Crippen LogP contribution in [-0.2, 0) is 12.6 Å². The minimum Gasteiger partial charge on any atom is -0.385 e. The maximum absolute atomic E-state index is 12.9. The van der Waals surface area contributed by atoms with E-state index in [-0.39, 0.29) is 5.02 Å². The second-order valence-corrected chi connectivity index (χ2v) is 7.85. The van der Waals surface area contributed by atoms with Crippen LogP contribution in [0.1, 0.15) is 30.4 Å². The molecule has 152 valence electrons. The Labute approximate surface area is 169 Å². The zero-order valence-corrected chi connectivity index (χ0v) is 16.6. The molecule has 0 unspecified atom stereocenters. The van der Waals surface area contributed by atoms with Crippen molar-refractivity contribution in [2.75, 3.05) is 31.5 Å². The number of likely N-dealkylation sites (tertiary alicyclic amines) is 1. The number of benzene rings is 2. The van der Waals surface area contributed by atoms with Crippen LogP contribution in [0.3, 0.4) is 0 Å². The number of alkyl halides is 3. The SMILES string of the molecule is FC(F)(F)c1cc(NCCCN2CCC(Cc3ccccc3)CC2)ccc1Cl. The molecule has 3 rings (SSSR count). The Kier molecular flexibility index (Phi) is 7.24. The van der Waals surface area contributed by atoms with Crippen LogP contribution in [-0.4, -0.2) is 31.1 Å². The van der Waals surface area contributed by atoms with E-state index in [9.17, 15) is 13.2 Å². The van der Waals surface area contributed by atoms with Gasteiger partial charge in [-0.3, -0.25) is 0 Å². The highest BCUT2D eigenvalue weighted by molar-refractivity contribution is 6.31. The zero-order chi connectivity index (χ0) is 20.0. The molecule has 0 saturated carbocycles. The van der Waals surface area contributed by atoms with Gasteiger partial charge in [-0.05, 0) is 75.0 Å². The van der Waals surface area contributed by atoms with Crippen molar-refractivity contribution in [1.29, 1.82) is 0 Å². The lowest BCUT2D eigenvalue weighted by Crippen LogP contribution is -2.35. The van der Waals surface area contributed by atoms with Gasteiger partial charge < -0.3 is 10.2 Å². The first kappa shape index (κ1) is 21.0. The largest absolute Gasteiger partial charge is 0.417 e. The van der Waals surface area contributed by atoms with Gasteiger partial charge in [0.2, 0.25) is 0 Å². The third-order valence-corrected chi connectivity index (χ3v) is 5.66. The summed E-state index contributed by atoms with van der Waals surface area (Å²) in [6.07, 6.45) is 0.0173. The molecule has 6 heteroatoms. The average Bonchev–Trinajstić information content (AvgIpc) is 2.67. The molecule has 0 atom stereocenters. The van der Waals surface area contributed by atoms with Gasteiger partial charge in [0.25, 0.3) is 0 Å². The number of nitrogens with one attached hydrogen (secondary N) is 1. The summed E-state index contributed by atoms with van der Waals surface area (Å²) in [6.45, 7) is 3.79. The van der Waals surface area contributed by atoms with E-state index in [1.54, 1.807) is 6.07 Å². The van der Waals surface area contributed by atoms with E-state index < -0.39 is 11.7 Å². The Balaban J connectivity index is 1.36. The van der Waals surface area contributed by atoms with Crippen LogP contribution in [0.5, 0.6) is 0 Å². The summed E-state index contributed by atoms with van der Waals surface area (Å²) in [5.74, 6) is 0.742. The second kappa shape index (κ2) is 9.66. The normalized spacial score (nSPS) is 16.3. The molecule has 1 N–H and O–H groups in total. The molecule has 1 saturated heterocycles. The van der Waals surface area contributed by atoms with Crippen LogP contribution in [0.25, 0.3) is 0 Å². The lowest BCUT2D eigenvalue weighted by Gasteiger charge is -2.32. The number of halogens is 4. The molecule has 1 aliphatic heterocycles. The third kappa shape index (κ3) is 6.14. The standard InChI is InChI=1S/C22H26ClF3N2/c23-21-8-7-19(16-20(21)22(24,25)26)27-11-4-12-28-13-9-18(10-14-28)15-17-5-2-1-3-6-17/h1-3,5-8,16,18,27H,4,9-15H2. The fourth-order valence-corrected chi connectivity index (χ4v) is 3.97. The Morgan fingerprint density at radius 1 is 1.04 bits per heavy atom. The van der Waals surface area contributed by atoms with E-state index in [1.807, 2.05) is 6.07 Å². The van der Waals surface area contributed by atoms with Crippen molar-refractivity contribution in [2.45, 2.75) is 31.9 Å². The average molecular weight is 411 g/mol. The highest BCUT2D eigenvalue weighted by Crippen LogP contribution is 2.36. The third-order valence-electron chi connectivity index (χ3n) is 5.33. The summed E-state index contributed by atoms with van der Waals surface area (Å²) < 4.78 is 38.7. The second-order valence-electron chi connectivity index (χ2n) is 7.45. The van der Waals surface area contributed by atoms with Crippen LogP contribution in [0.15, 0.2) is 48.5 Å². The van der Waals surface area contributed by atoms with Crippen LogP contribution in [0, 0.1) is 5.92 Å².